The molecule has 9 heteroatoms. The molecule has 0 saturated carbocycles. The lowest BCUT2D eigenvalue weighted by Gasteiger charge is -2.13. The van der Waals surface area contributed by atoms with Crippen molar-refractivity contribution < 1.29 is 18.7 Å². The minimum absolute atomic E-state index is 0.244. The van der Waals surface area contributed by atoms with E-state index in [-0.39, 0.29) is 23.9 Å². The molecule has 0 saturated heterocycles. The van der Waals surface area contributed by atoms with Crippen molar-refractivity contribution in [3.8, 4) is 23.1 Å². The molecular formula is C32H24N4O5. The van der Waals surface area contributed by atoms with Crippen molar-refractivity contribution in [1.29, 1.82) is 0 Å². The molecule has 0 aliphatic carbocycles. The lowest BCUT2D eigenvalue weighted by Crippen LogP contribution is -2.21. The largest absolute Gasteiger partial charge is 0.493 e. The van der Waals surface area contributed by atoms with Gasteiger partial charge in [0.2, 0.25) is 5.82 Å². The Hall–Kier alpha value is -5.70. The van der Waals surface area contributed by atoms with E-state index in [2.05, 4.69) is 10.4 Å². The summed E-state index contributed by atoms with van der Waals surface area (Å²) in [5, 5.41) is 8.59. The van der Waals surface area contributed by atoms with E-state index < -0.39 is 0 Å². The average Bonchev–Trinajstić information content (AvgIpc) is 3.44. The molecule has 0 unspecified atom stereocenters. The molecule has 2 heterocycles. The van der Waals surface area contributed by atoms with E-state index in [1.54, 1.807) is 48.5 Å². The number of ether oxygens (including phenoxy) is 2. The van der Waals surface area contributed by atoms with Crippen molar-refractivity contribution in [2.45, 2.75) is 0 Å². The minimum atomic E-state index is -0.366. The van der Waals surface area contributed by atoms with Crippen molar-refractivity contribution >= 4 is 39.7 Å². The fourth-order valence-corrected chi connectivity index (χ4v) is 4.41. The van der Waals surface area contributed by atoms with Crippen molar-refractivity contribution in [3.63, 3.8) is 0 Å². The summed E-state index contributed by atoms with van der Waals surface area (Å²) in [5.74, 6) is 1.00. The number of carbonyl (C=O) groups is 1. The molecule has 1 amide bonds. The van der Waals surface area contributed by atoms with Gasteiger partial charge in [-0.3, -0.25) is 9.59 Å². The zero-order chi connectivity index (χ0) is 28.2. The summed E-state index contributed by atoms with van der Waals surface area (Å²) in [6.07, 6.45) is 1.47. The molecule has 0 spiro atoms. The van der Waals surface area contributed by atoms with Gasteiger partial charge >= 0.3 is 0 Å². The van der Waals surface area contributed by atoms with Crippen LogP contribution in [-0.4, -0.2) is 35.5 Å². The van der Waals surface area contributed by atoms with Gasteiger partial charge in [0.25, 0.3) is 11.5 Å². The van der Waals surface area contributed by atoms with Gasteiger partial charge in [-0.15, -0.1) is 0 Å². The normalized spacial score (nSPS) is 11.2. The first kappa shape index (κ1) is 25.6. The molecule has 2 aromatic heterocycles. The highest BCUT2D eigenvalue weighted by Crippen LogP contribution is 2.31. The topological polar surface area (TPSA) is 108 Å². The van der Waals surface area contributed by atoms with E-state index in [1.807, 2.05) is 54.6 Å². The molecule has 1 N–H and O–H groups in total. The van der Waals surface area contributed by atoms with Crippen LogP contribution < -0.4 is 20.3 Å². The van der Waals surface area contributed by atoms with E-state index in [0.29, 0.717) is 45.0 Å². The molecule has 202 valence electrons. The number of hydrogen-bond donors (Lipinski definition) is 1. The van der Waals surface area contributed by atoms with E-state index in [4.69, 9.17) is 18.9 Å². The Morgan fingerprint density at radius 2 is 1.76 bits per heavy atom. The highest BCUT2D eigenvalue weighted by atomic mass is 16.5. The van der Waals surface area contributed by atoms with E-state index in [1.165, 1.54) is 18.0 Å². The lowest BCUT2D eigenvalue weighted by molar-refractivity contribution is -0.118. The van der Waals surface area contributed by atoms with Gasteiger partial charge in [-0.05, 0) is 48.5 Å². The number of nitrogens with zero attached hydrogens (tertiary/aromatic N) is 3. The summed E-state index contributed by atoms with van der Waals surface area (Å²) in [6.45, 7) is -0.266. The fourth-order valence-electron chi connectivity index (χ4n) is 4.41. The number of carbonyl (C=O) groups excluding carboxylic acids is 1. The SMILES string of the molecule is COc1cccc(C=Nn2c(-c3cc4ccccc4o3)nc3ccccc3c2=O)c1OCC(=O)Nc1ccccc1. The highest BCUT2D eigenvalue weighted by Gasteiger charge is 2.17. The zero-order valence-electron chi connectivity index (χ0n) is 22.0. The first-order valence-electron chi connectivity index (χ1n) is 12.8. The molecule has 4 aromatic carbocycles. The number of para-hydroxylation sites is 4. The number of amides is 1. The van der Waals surface area contributed by atoms with Crippen molar-refractivity contribution in [1.82, 2.24) is 9.66 Å². The average molecular weight is 545 g/mol. The molecule has 0 aliphatic rings. The molecule has 41 heavy (non-hydrogen) atoms. The van der Waals surface area contributed by atoms with Crippen molar-refractivity contribution in [2.24, 2.45) is 5.10 Å². The summed E-state index contributed by atoms with van der Waals surface area (Å²) in [6, 6.07) is 30.7. The fraction of sp³-hybridized carbons (Fsp3) is 0.0625. The predicted molar refractivity (Wildman–Crippen MR) is 158 cm³/mol. The number of rotatable bonds is 8. The second-order valence-corrected chi connectivity index (χ2v) is 9.04. The number of nitrogens with one attached hydrogen (secondary N) is 1. The van der Waals surface area contributed by atoms with Crippen molar-refractivity contribution in [2.75, 3.05) is 19.0 Å². The van der Waals surface area contributed by atoms with E-state index >= 15 is 0 Å². The molecule has 0 aliphatic heterocycles. The van der Waals surface area contributed by atoms with Crippen LogP contribution in [0.4, 0.5) is 5.69 Å². The van der Waals surface area contributed by atoms with Crippen LogP contribution in [-0.2, 0) is 4.79 Å². The maximum Gasteiger partial charge on any atom is 0.282 e. The van der Waals surface area contributed by atoms with Crippen LogP contribution in [0.3, 0.4) is 0 Å². The summed E-state index contributed by atoms with van der Waals surface area (Å²) in [5.41, 5.74) is 1.97. The second-order valence-electron chi connectivity index (χ2n) is 9.04. The second kappa shape index (κ2) is 11.2. The summed E-state index contributed by atoms with van der Waals surface area (Å²) >= 11 is 0. The van der Waals surface area contributed by atoms with Gasteiger partial charge in [0.05, 0.1) is 24.2 Å². The van der Waals surface area contributed by atoms with Gasteiger partial charge in [0, 0.05) is 16.6 Å². The van der Waals surface area contributed by atoms with Crippen molar-refractivity contribution in [3.05, 3.63) is 119 Å². The lowest BCUT2D eigenvalue weighted by atomic mass is 10.2. The molecule has 6 rings (SSSR count). The first-order valence-corrected chi connectivity index (χ1v) is 12.8. The Morgan fingerprint density at radius 1 is 0.976 bits per heavy atom. The monoisotopic (exact) mass is 544 g/mol. The first-order chi connectivity index (χ1) is 20.1. The van der Waals surface area contributed by atoms with E-state index in [9.17, 15) is 9.59 Å². The number of methoxy groups -OCH3 is 1. The number of hydrogen-bond acceptors (Lipinski definition) is 7. The number of aromatic nitrogens is 2. The molecule has 0 fully saturated rings. The van der Waals surface area contributed by atoms with Gasteiger partial charge in [0.15, 0.2) is 23.9 Å². The third kappa shape index (κ3) is 5.28. The van der Waals surface area contributed by atoms with Crippen LogP contribution in [0.15, 0.2) is 117 Å². The van der Waals surface area contributed by atoms with Gasteiger partial charge in [-0.25, -0.2) is 4.98 Å². The Balaban J connectivity index is 1.38. The van der Waals surface area contributed by atoms with Crippen LogP contribution in [0, 0.1) is 0 Å². The van der Waals surface area contributed by atoms with Gasteiger partial charge in [-0.2, -0.15) is 9.78 Å². The quantitative estimate of drug-likeness (QED) is 0.246. The third-order valence-corrected chi connectivity index (χ3v) is 6.35. The Labute approximate surface area is 234 Å². The summed E-state index contributed by atoms with van der Waals surface area (Å²) < 4.78 is 18.6. The van der Waals surface area contributed by atoms with Gasteiger partial charge in [0.1, 0.15) is 5.58 Å². The molecular weight excluding hydrogens is 520 g/mol. The molecule has 0 atom stereocenters. The number of benzene rings is 4. The van der Waals surface area contributed by atoms with E-state index in [0.717, 1.165) is 5.39 Å². The maximum absolute atomic E-state index is 13.6. The molecule has 9 nitrogen and oxygen atoms in total. The van der Waals surface area contributed by atoms with Crippen LogP contribution in [0.2, 0.25) is 0 Å². The van der Waals surface area contributed by atoms with Gasteiger partial charge in [-0.1, -0.05) is 54.6 Å². The predicted octanol–water partition coefficient (Wildman–Crippen LogP) is 5.72. The molecule has 6 aromatic rings. The van der Waals surface area contributed by atoms with Crippen LogP contribution in [0.5, 0.6) is 11.5 Å². The molecule has 0 bridgehead atoms. The van der Waals surface area contributed by atoms with Crippen LogP contribution >= 0.6 is 0 Å². The zero-order valence-corrected chi connectivity index (χ0v) is 22.0. The Morgan fingerprint density at radius 3 is 2.59 bits per heavy atom. The van der Waals surface area contributed by atoms with Crippen LogP contribution in [0.25, 0.3) is 33.5 Å². The number of furan rings is 1. The maximum atomic E-state index is 13.6. The highest BCUT2D eigenvalue weighted by molar-refractivity contribution is 5.92. The molecule has 0 radical (unpaired) electrons. The summed E-state index contributed by atoms with van der Waals surface area (Å²) in [7, 11) is 1.50. The third-order valence-electron chi connectivity index (χ3n) is 6.35. The standard InChI is InChI=1S/C32H24N4O5/c1-39-27-17-9-11-22(30(27)40-20-29(37)34-23-12-3-2-4-13-23)19-33-36-31(28-18-21-10-5-8-16-26(21)41-28)35-25-15-7-6-14-24(25)32(36)38/h2-19H,20H2,1H3,(H,34,37). The smallest absolute Gasteiger partial charge is 0.282 e. The summed E-state index contributed by atoms with van der Waals surface area (Å²) in [4.78, 5) is 30.9. The number of fused-ring (bicyclic) bond motifs is 2. The Kier molecular flexibility index (Phi) is 6.98. The Bertz CT molecular complexity index is 1930. The van der Waals surface area contributed by atoms with Gasteiger partial charge < -0.3 is 19.2 Å². The minimum Gasteiger partial charge on any atom is -0.493 e. The number of anilines is 1. The van der Waals surface area contributed by atoms with Crippen LogP contribution in [0.1, 0.15) is 5.56 Å².